The molecular formula is C18H18N2O6. The lowest BCUT2D eigenvalue weighted by molar-refractivity contribution is -0.163. The number of fused-ring (bicyclic) bond motifs is 6. The van der Waals surface area contributed by atoms with Crippen molar-refractivity contribution in [3.05, 3.63) is 48.3 Å². The average Bonchev–Trinajstić information content (AvgIpc) is 3.08. The number of aliphatic hydroxyl groups excluding tert-OH is 2. The Hall–Kier alpha value is -2.58. The van der Waals surface area contributed by atoms with Crippen LogP contribution in [0.15, 0.2) is 48.3 Å². The van der Waals surface area contributed by atoms with Gasteiger partial charge in [-0.25, -0.2) is 0 Å². The van der Waals surface area contributed by atoms with Crippen molar-refractivity contribution in [1.82, 2.24) is 9.80 Å². The largest absolute Gasteiger partial charge is 0.473 e. The molecule has 0 aromatic carbocycles. The van der Waals surface area contributed by atoms with E-state index in [1.807, 2.05) is 0 Å². The fourth-order valence-corrected chi connectivity index (χ4v) is 4.69. The number of amides is 2. The maximum absolute atomic E-state index is 13.2. The predicted octanol–water partition coefficient (Wildman–Crippen LogP) is -0.484. The molecular weight excluding hydrogens is 340 g/mol. The summed E-state index contributed by atoms with van der Waals surface area (Å²) in [6.45, 7) is 0. The van der Waals surface area contributed by atoms with Crippen molar-refractivity contribution in [2.24, 2.45) is 0 Å². The third kappa shape index (κ3) is 1.96. The van der Waals surface area contributed by atoms with Gasteiger partial charge in [-0.05, 0) is 23.3 Å². The van der Waals surface area contributed by atoms with E-state index in [0.717, 1.165) is 11.1 Å². The number of carbonyl (C=O) groups excluding carboxylic acids is 2. The Morgan fingerprint density at radius 3 is 1.65 bits per heavy atom. The van der Waals surface area contributed by atoms with Crippen molar-refractivity contribution in [2.45, 2.75) is 49.2 Å². The molecule has 5 heterocycles. The molecule has 0 aliphatic carbocycles. The van der Waals surface area contributed by atoms with Crippen LogP contribution in [0.4, 0.5) is 0 Å². The molecule has 3 saturated heterocycles. The van der Waals surface area contributed by atoms with E-state index >= 15 is 0 Å². The normalized spacial score (nSPS) is 40.4. The molecule has 8 heteroatoms. The molecule has 0 unspecified atom stereocenters. The summed E-state index contributed by atoms with van der Waals surface area (Å²) in [6, 6.07) is -2.59. The van der Waals surface area contributed by atoms with E-state index in [1.165, 1.54) is 47.0 Å². The van der Waals surface area contributed by atoms with E-state index < -0.39 is 36.4 Å². The molecule has 0 radical (unpaired) electrons. The van der Waals surface area contributed by atoms with Crippen LogP contribution in [0.1, 0.15) is 12.8 Å². The molecule has 0 saturated carbocycles. The first kappa shape index (κ1) is 15.7. The van der Waals surface area contributed by atoms with Crippen LogP contribution in [0.25, 0.3) is 0 Å². The fourth-order valence-electron chi connectivity index (χ4n) is 4.69. The lowest BCUT2D eigenvalue weighted by atomic mass is 10.0. The van der Waals surface area contributed by atoms with Gasteiger partial charge in [0, 0.05) is 12.8 Å². The molecule has 8 nitrogen and oxygen atoms in total. The average molecular weight is 358 g/mol. The molecule has 2 N–H and O–H groups in total. The quantitative estimate of drug-likeness (QED) is 0.607. The summed E-state index contributed by atoms with van der Waals surface area (Å²) in [5.74, 6) is -0.440. The second-order valence-electron chi connectivity index (χ2n) is 7.12. The molecule has 3 fully saturated rings. The van der Waals surface area contributed by atoms with Gasteiger partial charge in [-0.3, -0.25) is 9.59 Å². The maximum Gasteiger partial charge on any atom is 0.247 e. The summed E-state index contributed by atoms with van der Waals surface area (Å²) < 4.78 is 10.5. The Bertz CT molecular complexity index is 734. The molecule has 0 bridgehead atoms. The molecule has 5 rings (SSSR count). The number of ether oxygens (including phenoxy) is 2. The van der Waals surface area contributed by atoms with Crippen molar-refractivity contribution in [3.8, 4) is 0 Å². The first-order chi connectivity index (χ1) is 12.6. The van der Waals surface area contributed by atoms with Crippen LogP contribution in [-0.2, 0) is 19.1 Å². The third-order valence-electron chi connectivity index (χ3n) is 5.76. The van der Waals surface area contributed by atoms with Gasteiger partial charge in [0.25, 0.3) is 0 Å². The summed E-state index contributed by atoms with van der Waals surface area (Å²) >= 11 is 0. The topological polar surface area (TPSA) is 99.5 Å². The number of hydrogen-bond acceptors (Lipinski definition) is 6. The van der Waals surface area contributed by atoms with Gasteiger partial charge in [0.1, 0.15) is 12.1 Å². The molecule has 6 atom stereocenters. The van der Waals surface area contributed by atoms with Crippen LogP contribution in [0.2, 0.25) is 0 Å². The summed E-state index contributed by atoms with van der Waals surface area (Å²) in [4.78, 5) is 29.5. The van der Waals surface area contributed by atoms with Crippen molar-refractivity contribution in [2.75, 3.05) is 0 Å². The minimum Gasteiger partial charge on any atom is -0.473 e. The summed E-state index contributed by atoms with van der Waals surface area (Å²) in [6.07, 6.45) is 7.48. The smallest absolute Gasteiger partial charge is 0.247 e. The van der Waals surface area contributed by atoms with Crippen molar-refractivity contribution >= 4 is 11.8 Å². The predicted molar refractivity (Wildman–Crippen MR) is 86.7 cm³/mol. The highest BCUT2D eigenvalue weighted by atomic mass is 16.5. The molecule has 0 aromatic heterocycles. The highest BCUT2D eigenvalue weighted by Crippen LogP contribution is 2.44. The highest BCUT2D eigenvalue weighted by Gasteiger charge is 2.59. The Balaban J connectivity index is 1.56. The molecule has 2 amide bonds. The van der Waals surface area contributed by atoms with Crippen molar-refractivity contribution in [3.63, 3.8) is 0 Å². The SMILES string of the molecule is O=C1[C@H]2CC3=COC=C[C@H](O)[C@H]3N2C(=O)[C@H]2CC3=COC=C[C@H](O)[C@H]3N12. The number of nitrogens with zero attached hydrogens (tertiary/aromatic N) is 2. The van der Waals surface area contributed by atoms with Crippen molar-refractivity contribution < 1.29 is 29.3 Å². The lowest BCUT2D eigenvalue weighted by Gasteiger charge is -2.43. The van der Waals surface area contributed by atoms with Crippen LogP contribution >= 0.6 is 0 Å². The molecule has 136 valence electrons. The number of hydrogen-bond donors (Lipinski definition) is 2. The van der Waals surface area contributed by atoms with Gasteiger partial charge < -0.3 is 29.5 Å². The minimum atomic E-state index is -0.931. The van der Waals surface area contributed by atoms with Gasteiger partial charge in [-0.1, -0.05) is 0 Å². The van der Waals surface area contributed by atoms with Crippen molar-refractivity contribution in [1.29, 1.82) is 0 Å². The summed E-state index contributed by atoms with van der Waals surface area (Å²) in [7, 11) is 0. The second-order valence-corrected chi connectivity index (χ2v) is 7.12. The Morgan fingerprint density at radius 2 is 1.23 bits per heavy atom. The van der Waals surface area contributed by atoms with Crippen LogP contribution in [0, 0.1) is 0 Å². The molecule has 5 aliphatic heterocycles. The third-order valence-corrected chi connectivity index (χ3v) is 5.76. The number of piperazine rings is 1. The van der Waals surface area contributed by atoms with E-state index in [1.54, 1.807) is 0 Å². The zero-order valence-electron chi connectivity index (χ0n) is 13.8. The molecule has 26 heavy (non-hydrogen) atoms. The van der Waals surface area contributed by atoms with E-state index in [-0.39, 0.29) is 11.8 Å². The van der Waals surface area contributed by atoms with Gasteiger partial charge in [0.2, 0.25) is 11.8 Å². The van der Waals surface area contributed by atoms with E-state index in [9.17, 15) is 19.8 Å². The number of aliphatic hydroxyl groups is 2. The molecule has 0 spiro atoms. The van der Waals surface area contributed by atoms with Gasteiger partial charge in [-0.2, -0.15) is 0 Å². The van der Waals surface area contributed by atoms with Crippen LogP contribution in [0.5, 0.6) is 0 Å². The molecule has 0 aromatic rings. The van der Waals surface area contributed by atoms with Crippen LogP contribution < -0.4 is 0 Å². The second kappa shape index (κ2) is 5.46. The zero-order chi connectivity index (χ0) is 18.0. The van der Waals surface area contributed by atoms with E-state index in [4.69, 9.17) is 9.47 Å². The van der Waals surface area contributed by atoms with Gasteiger partial charge in [0.05, 0.1) is 49.3 Å². The number of rotatable bonds is 0. The minimum absolute atomic E-state index is 0.220. The van der Waals surface area contributed by atoms with Gasteiger partial charge in [0.15, 0.2) is 0 Å². The lowest BCUT2D eigenvalue weighted by Crippen LogP contribution is -2.65. The van der Waals surface area contributed by atoms with E-state index in [2.05, 4.69) is 0 Å². The monoisotopic (exact) mass is 358 g/mol. The highest BCUT2D eigenvalue weighted by molar-refractivity contribution is 6.00. The van der Waals surface area contributed by atoms with Gasteiger partial charge in [-0.15, -0.1) is 0 Å². The summed E-state index contributed by atoms with van der Waals surface area (Å²) in [5, 5.41) is 20.8. The Morgan fingerprint density at radius 1 is 0.808 bits per heavy atom. The van der Waals surface area contributed by atoms with E-state index in [0.29, 0.717) is 12.8 Å². The van der Waals surface area contributed by atoms with Gasteiger partial charge >= 0.3 is 0 Å². The first-order valence-electron chi connectivity index (χ1n) is 8.60. The van der Waals surface area contributed by atoms with Crippen LogP contribution in [-0.4, -0.2) is 68.2 Å². The Kier molecular flexibility index (Phi) is 3.29. The fraction of sp³-hybridized carbons (Fsp3) is 0.444. The molecule has 5 aliphatic rings. The first-order valence-corrected chi connectivity index (χ1v) is 8.60. The van der Waals surface area contributed by atoms with Crippen LogP contribution in [0.3, 0.4) is 0 Å². The maximum atomic E-state index is 13.2. The summed E-state index contributed by atoms with van der Waals surface area (Å²) in [5.41, 5.74) is 1.44. The Labute approximate surface area is 149 Å². The standard InChI is InChI=1S/C18H18N2O6/c21-13-1-3-25-7-9-5-11-18(24)20-12(17(23)19(11)15(9)13)6-10-8-26-4-2-14(22)16(10)20/h1-4,7-8,11-16,21-22H,5-6H2/t11-,12-,13+,14+,15+,16+/m1/s1. The number of carbonyl (C=O) groups is 2. The zero-order valence-corrected chi connectivity index (χ0v) is 13.8.